The first-order valence-corrected chi connectivity index (χ1v) is 13.9. The molecule has 11 nitrogen and oxygen atoms in total. The number of rotatable bonds is 9. The topological polar surface area (TPSA) is 131 Å². The van der Waals surface area contributed by atoms with Crippen LogP contribution in [0.4, 0.5) is 5.69 Å². The number of hydrogen-bond donors (Lipinski definition) is 0. The molecule has 2 aromatic heterocycles. The van der Waals surface area contributed by atoms with Crippen molar-refractivity contribution in [1.29, 1.82) is 0 Å². The van der Waals surface area contributed by atoms with Gasteiger partial charge in [-0.25, -0.2) is 9.97 Å². The van der Waals surface area contributed by atoms with Crippen molar-refractivity contribution < 1.29 is 19.1 Å². The Morgan fingerprint density at radius 2 is 1.80 bits per heavy atom. The van der Waals surface area contributed by atoms with E-state index in [0.717, 1.165) is 23.1 Å². The lowest BCUT2D eigenvalue weighted by molar-refractivity contribution is -0.385. The van der Waals surface area contributed by atoms with Crippen molar-refractivity contribution in [3.63, 3.8) is 0 Å². The van der Waals surface area contributed by atoms with Crippen molar-refractivity contribution in [2.75, 3.05) is 14.2 Å². The highest BCUT2D eigenvalue weighted by Crippen LogP contribution is 2.37. The van der Waals surface area contributed by atoms with Gasteiger partial charge in [-0.1, -0.05) is 37.6 Å². The van der Waals surface area contributed by atoms with E-state index in [4.69, 9.17) is 30.8 Å². The zero-order valence-corrected chi connectivity index (χ0v) is 25.3. The molecule has 12 heteroatoms. The second-order valence-corrected chi connectivity index (χ2v) is 10.6. The summed E-state index contributed by atoms with van der Waals surface area (Å²) in [5, 5.41) is 16.4. The first kappa shape index (κ1) is 30.2. The van der Waals surface area contributed by atoms with Crippen molar-refractivity contribution in [3.8, 4) is 34.5 Å². The number of hydrogen-bond acceptors (Lipinski definition) is 9. The Kier molecular flexibility index (Phi) is 8.59. The van der Waals surface area contributed by atoms with Gasteiger partial charge in [-0.3, -0.25) is 14.9 Å². The van der Waals surface area contributed by atoms with Gasteiger partial charge in [0.15, 0.2) is 17.3 Å². The standard InChI is InChI=1S/C32H28ClN5O6/c1-18(2)24-15-25(19(3)12-27(24)42-4)31-36-26-9-7-6-8-23(26)32(39)37(31)35-16-20-13-21(33)14-28(43-5)30(20)44-29-11-10-22(17-34-29)38(40)41/h6-18H,1-5H3. The zero-order chi connectivity index (χ0) is 31.5. The van der Waals surface area contributed by atoms with Crippen molar-refractivity contribution in [2.45, 2.75) is 26.7 Å². The molecule has 2 heterocycles. The lowest BCUT2D eigenvalue weighted by Gasteiger charge is -2.17. The van der Waals surface area contributed by atoms with Crippen LogP contribution in [-0.4, -0.2) is 40.0 Å². The molecule has 0 fully saturated rings. The molecule has 44 heavy (non-hydrogen) atoms. The summed E-state index contributed by atoms with van der Waals surface area (Å²) in [7, 11) is 3.07. The molecule has 0 radical (unpaired) electrons. The minimum absolute atomic E-state index is 0.0752. The lowest BCUT2D eigenvalue weighted by atomic mass is 9.96. The Hall–Kier alpha value is -5.29. The fraction of sp³-hybridized carbons (Fsp3) is 0.188. The summed E-state index contributed by atoms with van der Waals surface area (Å²) in [6.07, 6.45) is 2.50. The van der Waals surface area contributed by atoms with Crippen LogP contribution in [0.1, 0.15) is 36.5 Å². The van der Waals surface area contributed by atoms with Gasteiger partial charge in [0, 0.05) is 34.3 Å². The van der Waals surface area contributed by atoms with Crippen molar-refractivity contribution in [2.24, 2.45) is 5.10 Å². The molecule has 224 valence electrons. The number of aromatic nitrogens is 3. The third-order valence-electron chi connectivity index (χ3n) is 6.91. The second kappa shape index (κ2) is 12.5. The van der Waals surface area contributed by atoms with Crippen LogP contribution in [0.5, 0.6) is 23.1 Å². The van der Waals surface area contributed by atoms with Crippen LogP contribution in [0.3, 0.4) is 0 Å². The van der Waals surface area contributed by atoms with E-state index in [2.05, 4.69) is 23.9 Å². The van der Waals surface area contributed by atoms with E-state index in [0.29, 0.717) is 32.9 Å². The molecule has 0 atom stereocenters. The predicted octanol–water partition coefficient (Wildman–Crippen LogP) is 7.14. The number of fused-ring (bicyclic) bond motifs is 1. The summed E-state index contributed by atoms with van der Waals surface area (Å²) in [6.45, 7) is 6.04. The van der Waals surface area contributed by atoms with E-state index < -0.39 is 4.92 Å². The molecular weight excluding hydrogens is 586 g/mol. The Bertz CT molecular complexity index is 1970. The highest BCUT2D eigenvalue weighted by atomic mass is 35.5. The summed E-state index contributed by atoms with van der Waals surface area (Å²) >= 11 is 6.39. The molecule has 0 amide bonds. The highest BCUT2D eigenvalue weighted by Gasteiger charge is 2.20. The van der Waals surface area contributed by atoms with E-state index >= 15 is 0 Å². The molecule has 0 N–H and O–H groups in total. The van der Waals surface area contributed by atoms with Gasteiger partial charge in [0.2, 0.25) is 5.88 Å². The van der Waals surface area contributed by atoms with E-state index in [-0.39, 0.29) is 34.5 Å². The maximum absolute atomic E-state index is 13.9. The Balaban J connectivity index is 1.70. The molecule has 0 bridgehead atoms. The predicted molar refractivity (Wildman–Crippen MR) is 169 cm³/mol. The summed E-state index contributed by atoms with van der Waals surface area (Å²) in [6, 6.07) is 16.7. The average molecular weight is 614 g/mol. The lowest BCUT2D eigenvalue weighted by Crippen LogP contribution is -2.21. The molecule has 0 aliphatic rings. The first-order chi connectivity index (χ1) is 21.1. The minimum atomic E-state index is -0.556. The quantitative estimate of drug-likeness (QED) is 0.0973. The second-order valence-electron chi connectivity index (χ2n) is 10.1. The van der Waals surface area contributed by atoms with E-state index in [1.54, 1.807) is 37.4 Å². The number of nitro groups is 1. The first-order valence-electron chi connectivity index (χ1n) is 13.5. The molecule has 3 aromatic carbocycles. The average Bonchev–Trinajstić information content (AvgIpc) is 3.01. The molecule has 0 spiro atoms. The number of aryl methyl sites for hydroxylation is 1. The Labute approximate surface area is 257 Å². The fourth-order valence-electron chi connectivity index (χ4n) is 4.68. The number of pyridine rings is 1. The summed E-state index contributed by atoms with van der Waals surface area (Å²) < 4.78 is 18.4. The van der Waals surface area contributed by atoms with E-state index in [9.17, 15) is 14.9 Å². The Morgan fingerprint density at radius 3 is 2.45 bits per heavy atom. The van der Waals surface area contributed by atoms with Crippen LogP contribution >= 0.6 is 11.6 Å². The largest absolute Gasteiger partial charge is 0.496 e. The molecule has 5 rings (SSSR count). The zero-order valence-electron chi connectivity index (χ0n) is 24.6. The van der Waals surface area contributed by atoms with Crippen molar-refractivity contribution >= 4 is 34.4 Å². The van der Waals surface area contributed by atoms with Gasteiger partial charge < -0.3 is 14.2 Å². The molecule has 0 saturated heterocycles. The molecule has 0 aliphatic carbocycles. The monoisotopic (exact) mass is 613 g/mol. The maximum atomic E-state index is 13.9. The number of halogens is 1. The fourth-order valence-corrected chi connectivity index (χ4v) is 4.90. The SMILES string of the molecule is COc1cc(C)c(-c2nc3ccccc3c(=O)n2N=Cc2cc(Cl)cc(OC)c2Oc2ccc([N+](=O)[O-])cn2)cc1C(C)C. The molecule has 0 aliphatic heterocycles. The summed E-state index contributed by atoms with van der Waals surface area (Å²) in [5.41, 5.74) is 2.83. The number of nitrogens with zero attached hydrogens (tertiary/aromatic N) is 5. The Morgan fingerprint density at radius 1 is 1.05 bits per heavy atom. The minimum Gasteiger partial charge on any atom is -0.496 e. The summed E-state index contributed by atoms with van der Waals surface area (Å²) in [5.74, 6) is 1.74. The van der Waals surface area contributed by atoms with Crippen LogP contribution in [-0.2, 0) is 0 Å². The van der Waals surface area contributed by atoms with Gasteiger partial charge in [-0.15, -0.1) is 0 Å². The van der Waals surface area contributed by atoms with Crippen LogP contribution in [0.2, 0.25) is 5.02 Å². The maximum Gasteiger partial charge on any atom is 0.287 e. The highest BCUT2D eigenvalue weighted by molar-refractivity contribution is 6.31. The summed E-state index contributed by atoms with van der Waals surface area (Å²) in [4.78, 5) is 33.3. The van der Waals surface area contributed by atoms with E-state index in [1.807, 2.05) is 25.1 Å². The van der Waals surface area contributed by atoms with E-state index in [1.165, 1.54) is 30.1 Å². The molecule has 0 saturated carbocycles. The van der Waals surface area contributed by atoms with Crippen LogP contribution < -0.4 is 19.8 Å². The smallest absolute Gasteiger partial charge is 0.287 e. The normalized spacial score (nSPS) is 11.3. The van der Waals surface area contributed by atoms with Gasteiger partial charge in [-0.2, -0.15) is 9.78 Å². The van der Waals surface area contributed by atoms with Crippen molar-refractivity contribution in [1.82, 2.24) is 14.6 Å². The van der Waals surface area contributed by atoms with Gasteiger partial charge in [0.1, 0.15) is 11.9 Å². The third-order valence-corrected chi connectivity index (χ3v) is 7.13. The van der Waals surface area contributed by atoms with Crippen LogP contribution in [0, 0.1) is 17.0 Å². The van der Waals surface area contributed by atoms with Gasteiger partial charge in [0.25, 0.3) is 11.2 Å². The molecule has 5 aromatic rings. The number of benzene rings is 3. The van der Waals surface area contributed by atoms with Crippen molar-refractivity contribution in [3.05, 3.63) is 109 Å². The van der Waals surface area contributed by atoms with Gasteiger partial charge in [-0.05, 0) is 54.3 Å². The molecular formula is C32H28ClN5O6. The van der Waals surface area contributed by atoms with Crippen LogP contribution in [0.15, 0.2) is 76.8 Å². The molecule has 0 unspecified atom stereocenters. The number of ether oxygens (including phenoxy) is 3. The van der Waals surface area contributed by atoms with Crippen LogP contribution in [0.25, 0.3) is 22.3 Å². The van der Waals surface area contributed by atoms with Gasteiger partial charge in [0.05, 0.1) is 36.3 Å². The number of methoxy groups -OCH3 is 2. The number of para-hydroxylation sites is 1. The van der Waals surface area contributed by atoms with Gasteiger partial charge >= 0.3 is 0 Å². The third kappa shape index (κ3) is 5.95.